The number of anilines is 1. The van der Waals surface area contributed by atoms with Crippen LogP contribution in [-0.2, 0) is 6.42 Å². The van der Waals surface area contributed by atoms with Crippen LogP contribution in [0.3, 0.4) is 0 Å². The Morgan fingerprint density at radius 1 is 1.22 bits per heavy atom. The van der Waals surface area contributed by atoms with Crippen LogP contribution in [0, 0.1) is 0 Å². The highest BCUT2D eigenvalue weighted by molar-refractivity contribution is 5.33. The fourth-order valence-corrected chi connectivity index (χ4v) is 1.34. The number of aromatic nitrogens is 5. The Morgan fingerprint density at radius 3 is 2.50 bits per heavy atom. The van der Waals surface area contributed by atoms with Gasteiger partial charge >= 0.3 is 0 Å². The van der Waals surface area contributed by atoms with Crippen LogP contribution in [0.15, 0.2) is 12.4 Å². The normalized spacial score (nSPS) is 10.1. The van der Waals surface area contributed by atoms with E-state index in [1.165, 1.54) is 6.33 Å². The van der Waals surface area contributed by atoms with E-state index in [0.29, 0.717) is 30.7 Å². The van der Waals surface area contributed by atoms with E-state index in [1.807, 2.05) is 0 Å². The fraction of sp³-hybridized carbons (Fsp3) is 0.400. The largest absolute Gasteiger partial charge is 0.481 e. The number of H-pyrrole nitrogens is 1. The highest BCUT2D eigenvalue weighted by Gasteiger charge is 2.05. The third-order valence-electron chi connectivity index (χ3n) is 2.21. The molecule has 0 atom stereocenters. The second kappa shape index (κ2) is 5.80. The lowest BCUT2D eigenvalue weighted by Crippen LogP contribution is -2.09. The molecule has 0 saturated carbocycles. The molecule has 0 aliphatic carbocycles. The van der Waals surface area contributed by atoms with Crippen LogP contribution in [-0.4, -0.2) is 45.9 Å². The van der Waals surface area contributed by atoms with Crippen molar-refractivity contribution < 1.29 is 9.47 Å². The molecule has 0 aliphatic heterocycles. The minimum absolute atomic E-state index is 0.448. The van der Waals surface area contributed by atoms with Gasteiger partial charge in [-0.25, -0.2) is 4.98 Å². The van der Waals surface area contributed by atoms with Gasteiger partial charge in [0.25, 0.3) is 0 Å². The van der Waals surface area contributed by atoms with Gasteiger partial charge in [0.05, 0.1) is 20.3 Å². The van der Waals surface area contributed by atoms with Crippen LogP contribution in [0.25, 0.3) is 0 Å². The molecule has 0 radical (unpaired) electrons. The number of hydrogen-bond acceptors (Lipinski definition) is 7. The van der Waals surface area contributed by atoms with Gasteiger partial charge in [0.15, 0.2) is 0 Å². The molecule has 18 heavy (non-hydrogen) atoms. The van der Waals surface area contributed by atoms with E-state index in [2.05, 4.69) is 30.5 Å². The van der Waals surface area contributed by atoms with Gasteiger partial charge in [0.1, 0.15) is 12.2 Å². The molecule has 0 amide bonds. The number of nitrogens with zero attached hydrogens (tertiary/aromatic N) is 4. The summed E-state index contributed by atoms with van der Waals surface area (Å²) in [6.45, 7) is 0.630. The van der Waals surface area contributed by atoms with Crippen molar-refractivity contribution in [3.05, 3.63) is 18.2 Å². The summed E-state index contributed by atoms with van der Waals surface area (Å²) in [7, 11) is 3.08. The van der Waals surface area contributed by atoms with Gasteiger partial charge in [0, 0.05) is 13.0 Å². The second-order valence-corrected chi connectivity index (χ2v) is 3.39. The summed E-state index contributed by atoms with van der Waals surface area (Å²) in [5.41, 5.74) is 0. The first-order valence-corrected chi connectivity index (χ1v) is 5.37. The summed E-state index contributed by atoms with van der Waals surface area (Å²) in [5.74, 6) is 2.15. The number of aromatic amines is 1. The SMILES string of the molecule is COc1cc(OC)nc(NCCc2ncn[nH]2)n1. The molecule has 96 valence electrons. The van der Waals surface area contributed by atoms with Crippen molar-refractivity contribution in [3.8, 4) is 11.8 Å². The molecule has 0 aromatic carbocycles. The average molecular weight is 250 g/mol. The van der Waals surface area contributed by atoms with Crippen LogP contribution in [0.5, 0.6) is 11.8 Å². The lowest BCUT2D eigenvalue weighted by Gasteiger charge is -2.07. The van der Waals surface area contributed by atoms with Gasteiger partial charge in [-0.1, -0.05) is 0 Å². The molecule has 2 aromatic rings. The number of rotatable bonds is 6. The molecule has 0 spiro atoms. The predicted octanol–water partition coefficient (Wildman–Crippen LogP) is 0.266. The summed E-state index contributed by atoms with van der Waals surface area (Å²) in [6, 6.07) is 1.61. The molecule has 8 heteroatoms. The zero-order chi connectivity index (χ0) is 12.8. The van der Waals surface area contributed by atoms with Crippen molar-refractivity contribution in [2.75, 3.05) is 26.1 Å². The van der Waals surface area contributed by atoms with Gasteiger partial charge in [-0.15, -0.1) is 0 Å². The molecular weight excluding hydrogens is 236 g/mol. The van der Waals surface area contributed by atoms with Crippen LogP contribution < -0.4 is 14.8 Å². The van der Waals surface area contributed by atoms with Gasteiger partial charge in [-0.2, -0.15) is 15.1 Å². The third kappa shape index (κ3) is 3.06. The Hall–Kier alpha value is -2.38. The van der Waals surface area contributed by atoms with E-state index in [1.54, 1.807) is 20.3 Å². The molecule has 0 bridgehead atoms. The fourth-order valence-electron chi connectivity index (χ4n) is 1.34. The Bertz CT molecular complexity index is 465. The Labute approximate surface area is 104 Å². The highest BCUT2D eigenvalue weighted by Crippen LogP contribution is 2.16. The van der Waals surface area contributed by atoms with Gasteiger partial charge < -0.3 is 14.8 Å². The van der Waals surface area contributed by atoms with Crippen LogP contribution in [0.4, 0.5) is 5.95 Å². The monoisotopic (exact) mass is 250 g/mol. The maximum absolute atomic E-state index is 5.05. The third-order valence-corrected chi connectivity index (χ3v) is 2.21. The minimum atomic E-state index is 0.448. The maximum atomic E-state index is 5.05. The van der Waals surface area contributed by atoms with Crippen molar-refractivity contribution in [3.63, 3.8) is 0 Å². The number of ether oxygens (including phenoxy) is 2. The van der Waals surface area contributed by atoms with E-state index >= 15 is 0 Å². The van der Waals surface area contributed by atoms with E-state index in [9.17, 15) is 0 Å². The van der Waals surface area contributed by atoms with Crippen molar-refractivity contribution in [2.45, 2.75) is 6.42 Å². The molecule has 2 rings (SSSR count). The average Bonchev–Trinajstić information content (AvgIpc) is 2.91. The topological polar surface area (TPSA) is 97.8 Å². The summed E-state index contributed by atoms with van der Waals surface area (Å²) < 4.78 is 10.1. The lowest BCUT2D eigenvalue weighted by molar-refractivity contribution is 0.373. The predicted molar refractivity (Wildman–Crippen MR) is 63.7 cm³/mol. The maximum Gasteiger partial charge on any atom is 0.229 e. The van der Waals surface area contributed by atoms with E-state index in [0.717, 1.165) is 5.82 Å². The Balaban J connectivity index is 1.95. The van der Waals surface area contributed by atoms with Crippen molar-refractivity contribution in [1.82, 2.24) is 25.1 Å². The highest BCUT2D eigenvalue weighted by atomic mass is 16.5. The molecule has 0 aliphatic rings. The first kappa shape index (κ1) is 12.1. The standard InChI is InChI=1S/C10H14N6O2/c1-17-8-5-9(18-2)15-10(14-8)11-4-3-7-12-6-13-16-7/h5-6H,3-4H2,1-2H3,(H,11,14,15)(H,12,13,16). The first-order valence-electron chi connectivity index (χ1n) is 5.37. The zero-order valence-corrected chi connectivity index (χ0v) is 10.2. The second-order valence-electron chi connectivity index (χ2n) is 3.39. The molecule has 2 aromatic heterocycles. The van der Waals surface area contributed by atoms with Gasteiger partial charge in [-0.05, 0) is 0 Å². The zero-order valence-electron chi connectivity index (χ0n) is 10.2. The van der Waals surface area contributed by atoms with E-state index < -0.39 is 0 Å². The van der Waals surface area contributed by atoms with E-state index in [-0.39, 0.29) is 0 Å². The van der Waals surface area contributed by atoms with Crippen molar-refractivity contribution in [2.24, 2.45) is 0 Å². The minimum Gasteiger partial charge on any atom is -0.481 e. The molecule has 0 saturated heterocycles. The Kier molecular flexibility index (Phi) is 3.90. The van der Waals surface area contributed by atoms with Crippen LogP contribution in [0.1, 0.15) is 5.82 Å². The van der Waals surface area contributed by atoms with Gasteiger partial charge in [-0.3, -0.25) is 5.10 Å². The lowest BCUT2D eigenvalue weighted by atomic mass is 10.4. The molecular formula is C10H14N6O2. The summed E-state index contributed by atoms with van der Waals surface area (Å²) in [4.78, 5) is 12.3. The molecule has 2 heterocycles. The van der Waals surface area contributed by atoms with Crippen LogP contribution >= 0.6 is 0 Å². The molecule has 8 nitrogen and oxygen atoms in total. The van der Waals surface area contributed by atoms with Crippen molar-refractivity contribution >= 4 is 5.95 Å². The molecule has 0 fully saturated rings. The summed E-state index contributed by atoms with van der Waals surface area (Å²) >= 11 is 0. The quantitative estimate of drug-likeness (QED) is 0.759. The molecule has 0 unspecified atom stereocenters. The number of methoxy groups -OCH3 is 2. The Morgan fingerprint density at radius 2 is 1.94 bits per heavy atom. The first-order chi connectivity index (χ1) is 8.81. The summed E-state index contributed by atoms with van der Waals surface area (Å²) in [5, 5.41) is 9.61. The smallest absolute Gasteiger partial charge is 0.229 e. The van der Waals surface area contributed by atoms with Crippen LogP contribution in [0.2, 0.25) is 0 Å². The summed E-state index contributed by atoms with van der Waals surface area (Å²) in [6.07, 6.45) is 2.17. The van der Waals surface area contributed by atoms with Gasteiger partial charge in [0.2, 0.25) is 17.7 Å². The number of hydrogen-bond donors (Lipinski definition) is 2. The van der Waals surface area contributed by atoms with E-state index in [4.69, 9.17) is 9.47 Å². The molecule has 2 N–H and O–H groups in total. The van der Waals surface area contributed by atoms with Crippen molar-refractivity contribution in [1.29, 1.82) is 0 Å². The number of nitrogens with one attached hydrogen (secondary N) is 2.